The maximum absolute atomic E-state index is 3.66. The first-order valence-electron chi connectivity index (χ1n) is 8.76. The number of benzene rings is 2. The summed E-state index contributed by atoms with van der Waals surface area (Å²) in [5.74, 6) is 0.595. The van der Waals surface area contributed by atoms with Crippen molar-refractivity contribution in [2.24, 2.45) is 0 Å². The highest BCUT2D eigenvalue weighted by Gasteiger charge is 2.16. The maximum Gasteiger partial charge on any atom is 0.0462 e. The van der Waals surface area contributed by atoms with E-state index in [1.807, 2.05) is 0 Å². The molecule has 0 bridgehead atoms. The average molecular weight is 461 g/mol. The van der Waals surface area contributed by atoms with Gasteiger partial charge in [0.1, 0.15) is 0 Å². The van der Waals surface area contributed by atoms with E-state index in [-0.39, 0.29) is 0 Å². The van der Waals surface area contributed by atoms with Gasteiger partial charge in [0.05, 0.1) is 0 Å². The minimum absolute atomic E-state index is 0.427. The summed E-state index contributed by atoms with van der Waals surface area (Å²) in [6.07, 6.45) is 8.88. The molecule has 0 radical (unpaired) electrons. The molecule has 0 saturated carbocycles. The lowest BCUT2D eigenvalue weighted by molar-refractivity contribution is 0.733. The van der Waals surface area contributed by atoms with Gasteiger partial charge in [-0.15, -0.1) is 0 Å². The third-order valence-electron chi connectivity index (χ3n) is 4.70. The summed E-state index contributed by atoms with van der Waals surface area (Å²) in [5.41, 5.74) is 4.98. The second-order valence-electron chi connectivity index (χ2n) is 6.45. The number of rotatable bonds is 5. The summed E-state index contributed by atoms with van der Waals surface area (Å²) >= 11 is 7.20. The second kappa shape index (κ2) is 8.37. The first-order valence-corrected chi connectivity index (χ1v) is 10.5. The number of allylic oxidation sites excluding steroid dienone is 3. The Hall–Kier alpha value is -1.32. The van der Waals surface area contributed by atoms with Crippen LogP contribution in [0.1, 0.15) is 38.2 Å². The van der Waals surface area contributed by atoms with Crippen molar-refractivity contribution >= 4 is 43.2 Å². The summed E-state index contributed by atoms with van der Waals surface area (Å²) in [6.45, 7) is 4.52. The average Bonchev–Trinajstić information content (AvgIpc) is 2.65. The maximum atomic E-state index is 3.66. The molecule has 2 unspecified atom stereocenters. The van der Waals surface area contributed by atoms with Crippen LogP contribution in [0.3, 0.4) is 0 Å². The lowest BCUT2D eigenvalue weighted by Gasteiger charge is -2.28. The van der Waals surface area contributed by atoms with Crippen LogP contribution in [0, 0.1) is 0 Å². The summed E-state index contributed by atoms with van der Waals surface area (Å²) in [7, 11) is 0. The van der Waals surface area contributed by atoms with Crippen LogP contribution in [0.5, 0.6) is 0 Å². The zero-order valence-corrected chi connectivity index (χ0v) is 17.8. The number of anilines is 2. The zero-order valence-electron chi connectivity index (χ0n) is 14.6. The van der Waals surface area contributed by atoms with Crippen LogP contribution in [0.4, 0.5) is 11.4 Å². The molecule has 0 amide bonds. The molecule has 2 aromatic carbocycles. The van der Waals surface area contributed by atoms with Crippen molar-refractivity contribution in [2.75, 3.05) is 4.90 Å². The molecule has 130 valence electrons. The first kappa shape index (κ1) is 18.5. The lowest BCUT2D eigenvalue weighted by Crippen LogP contribution is -2.17. The van der Waals surface area contributed by atoms with E-state index < -0.39 is 0 Å². The summed E-state index contributed by atoms with van der Waals surface area (Å²) in [4.78, 5) is 2.75. The molecule has 0 spiro atoms. The Morgan fingerprint density at radius 1 is 1.04 bits per heavy atom. The van der Waals surface area contributed by atoms with E-state index in [9.17, 15) is 0 Å². The van der Waals surface area contributed by atoms with Crippen molar-refractivity contribution in [2.45, 2.75) is 37.4 Å². The molecule has 25 heavy (non-hydrogen) atoms. The van der Waals surface area contributed by atoms with Gasteiger partial charge < -0.3 is 4.90 Å². The molecular weight excluding hydrogens is 438 g/mol. The van der Waals surface area contributed by atoms with Gasteiger partial charge in [0, 0.05) is 26.4 Å². The highest BCUT2D eigenvalue weighted by Crippen LogP contribution is 2.34. The SMILES string of the molecule is CCC(C)c1ccc(N(C2=CCC(Br)C=C2)c2ccc(Br)cc2)cc1. The quantitative estimate of drug-likeness (QED) is 0.413. The van der Waals surface area contributed by atoms with Gasteiger partial charge in [0.2, 0.25) is 0 Å². The smallest absolute Gasteiger partial charge is 0.0462 e. The van der Waals surface area contributed by atoms with Crippen LogP contribution in [-0.4, -0.2) is 4.83 Å². The fourth-order valence-electron chi connectivity index (χ4n) is 2.97. The van der Waals surface area contributed by atoms with Crippen molar-refractivity contribution < 1.29 is 0 Å². The molecule has 0 fully saturated rings. The van der Waals surface area contributed by atoms with E-state index >= 15 is 0 Å². The molecule has 3 rings (SSSR count). The number of halogens is 2. The van der Waals surface area contributed by atoms with Crippen LogP contribution < -0.4 is 4.90 Å². The Balaban J connectivity index is 1.99. The van der Waals surface area contributed by atoms with Crippen molar-refractivity contribution in [3.63, 3.8) is 0 Å². The van der Waals surface area contributed by atoms with Gasteiger partial charge in [-0.25, -0.2) is 0 Å². The van der Waals surface area contributed by atoms with Gasteiger partial charge in [0.15, 0.2) is 0 Å². The molecule has 0 N–H and O–H groups in total. The molecule has 2 atom stereocenters. The molecule has 1 nitrogen and oxygen atoms in total. The molecule has 0 aliphatic heterocycles. The molecule has 2 aromatic rings. The predicted octanol–water partition coefficient (Wildman–Crippen LogP) is 7.71. The number of hydrogen-bond acceptors (Lipinski definition) is 1. The van der Waals surface area contributed by atoms with E-state index in [1.54, 1.807) is 0 Å². The predicted molar refractivity (Wildman–Crippen MR) is 116 cm³/mol. The van der Waals surface area contributed by atoms with Crippen LogP contribution in [0.15, 0.2) is 76.9 Å². The molecule has 0 saturated heterocycles. The fraction of sp³-hybridized carbons (Fsp3) is 0.273. The fourth-order valence-corrected chi connectivity index (χ4v) is 3.58. The first-order chi connectivity index (χ1) is 12.1. The number of hydrogen-bond donors (Lipinski definition) is 0. The van der Waals surface area contributed by atoms with Gasteiger partial charge in [0.25, 0.3) is 0 Å². The van der Waals surface area contributed by atoms with Crippen LogP contribution >= 0.6 is 31.9 Å². The number of nitrogens with zero attached hydrogens (tertiary/aromatic N) is 1. The lowest BCUT2D eigenvalue weighted by atomic mass is 9.98. The standard InChI is InChI=1S/C22H23Br2N/c1-3-16(2)17-4-10-20(11-5-17)25(21-12-6-18(23)7-13-21)22-14-8-19(24)9-15-22/h4-8,10-16,19H,3,9H2,1-2H3. The third kappa shape index (κ3) is 4.45. The van der Waals surface area contributed by atoms with E-state index in [0.29, 0.717) is 10.7 Å². The Labute approximate surface area is 167 Å². The highest BCUT2D eigenvalue weighted by molar-refractivity contribution is 9.10. The van der Waals surface area contributed by atoms with E-state index in [1.165, 1.54) is 22.6 Å². The molecule has 3 heteroatoms. The van der Waals surface area contributed by atoms with Crippen LogP contribution in [-0.2, 0) is 0 Å². The Morgan fingerprint density at radius 3 is 2.16 bits per heavy atom. The minimum Gasteiger partial charge on any atom is -0.311 e. The van der Waals surface area contributed by atoms with Crippen LogP contribution in [0.2, 0.25) is 0 Å². The Kier molecular flexibility index (Phi) is 6.19. The Bertz CT molecular complexity index is 760. The topological polar surface area (TPSA) is 3.24 Å². The van der Waals surface area contributed by atoms with Gasteiger partial charge >= 0.3 is 0 Å². The monoisotopic (exact) mass is 459 g/mol. The van der Waals surface area contributed by atoms with E-state index in [4.69, 9.17) is 0 Å². The largest absolute Gasteiger partial charge is 0.311 e. The molecular formula is C22H23Br2N. The van der Waals surface area contributed by atoms with Gasteiger partial charge in [-0.1, -0.05) is 70.0 Å². The van der Waals surface area contributed by atoms with Crippen molar-refractivity contribution in [1.82, 2.24) is 0 Å². The van der Waals surface area contributed by atoms with Crippen LogP contribution in [0.25, 0.3) is 0 Å². The summed E-state index contributed by atoms with van der Waals surface area (Å²) in [6, 6.07) is 17.5. The minimum atomic E-state index is 0.427. The zero-order chi connectivity index (χ0) is 17.8. The molecule has 0 heterocycles. The van der Waals surface area contributed by atoms with Crippen molar-refractivity contribution in [1.29, 1.82) is 0 Å². The number of alkyl halides is 1. The van der Waals surface area contributed by atoms with Gasteiger partial charge in [-0.2, -0.15) is 0 Å². The van der Waals surface area contributed by atoms with Gasteiger partial charge in [-0.3, -0.25) is 0 Å². The molecule has 0 aromatic heterocycles. The second-order valence-corrected chi connectivity index (χ2v) is 8.54. The third-order valence-corrected chi connectivity index (χ3v) is 5.91. The molecule has 1 aliphatic carbocycles. The molecule has 1 aliphatic rings. The normalized spacial score (nSPS) is 17.9. The Morgan fingerprint density at radius 2 is 1.64 bits per heavy atom. The van der Waals surface area contributed by atoms with Crippen molar-refractivity contribution in [3.05, 3.63) is 82.5 Å². The summed E-state index contributed by atoms with van der Waals surface area (Å²) in [5, 5.41) is 0. The van der Waals surface area contributed by atoms with Gasteiger partial charge in [-0.05, 0) is 66.8 Å². The summed E-state index contributed by atoms with van der Waals surface area (Å²) < 4.78 is 1.09. The highest BCUT2D eigenvalue weighted by atomic mass is 79.9. The van der Waals surface area contributed by atoms with E-state index in [0.717, 1.165) is 17.3 Å². The van der Waals surface area contributed by atoms with E-state index in [2.05, 4.69) is 117 Å². The van der Waals surface area contributed by atoms with Crippen molar-refractivity contribution in [3.8, 4) is 0 Å².